The molecule has 0 atom stereocenters. The molecule has 0 spiro atoms. The molecule has 1 amide bonds. The average molecular weight is 202 g/mol. The van der Waals surface area contributed by atoms with Crippen molar-refractivity contribution >= 4 is 5.91 Å². The number of hydrogen-bond acceptors (Lipinski definition) is 3. The summed E-state index contributed by atoms with van der Waals surface area (Å²) in [5.41, 5.74) is 5.43. The normalized spacial score (nSPS) is 11.1. The topological polar surface area (TPSA) is 55.6 Å². The zero-order chi connectivity index (χ0) is 11.1. The quantitative estimate of drug-likeness (QED) is 0.686. The smallest absolute Gasteiger partial charge is 0.248 e. The lowest BCUT2D eigenvalue weighted by molar-refractivity contribution is -0.139. The lowest BCUT2D eigenvalue weighted by Gasteiger charge is -2.26. The Morgan fingerprint density at radius 3 is 2.29 bits per heavy atom. The second-order valence-corrected chi connectivity index (χ2v) is 3.83. The van der Waals surface area contributed by atoms with Crippen LogP contribution in [0.1, 0.15) is 27.7 Å². The standard InChI is InChI=1S/C10H22N2O2/c1-8(2)12(6-5-11)10(13)7-14-9(3)4/h8-9H,5-7,11H2,1-4H3. The van der Waals surface area contributed by atoms with Gasteiger partial charge in [0.15, 0.2) is 0 Å². The summed E-state index contributed by atoms with van der Waals surface area (Å²) in [6.07, 6.45) is 0.0887. The first kappa shape index (κ1) is 13.4. The van der Waals surface area contributed by atoms with Crippen LogP contribution < -0.4 is 5.73 Å². The first-order chi connectivity index (χ1) is 6.49. The minimum absolute atomic E-state index is 0.0131. The van der Waals surface area contributed by atoms with Gasteiger partial charge in [-0.25, -0.2) is 0 Å². The van der Waals surface area contributed by atoms with Crippen LogP contribution in [0.4, 0.5) is 0 Å². The van der Waals surface area contributed by atoms with Gasteiger partial charge in [0.05, 0.1) is 6.10 Å². The van der Waals surface area contributed by atoms with Gasteiger partial charge >= 0.3 is 0 Å². The van der Waals surface area contributed by atoms with Gasteiger partial charge in [0.25, 0.3) is 0 Å². The Bertz CT molecular complexity index is 170. The van der Waals surface area contributed by atoms with E-state index in [1.165, 1.54) is 0 Å². The van der Waals surface area contributed by atoms with Crippen molar-refractivity contribution in [3.63, 3.8) is 0 Å². The Morgan fingerprint density at radius 1 is 1.36 bits per heavy atom. The maximum atomic E-state index is 11.6. The third kappa shape index (κ3) is 5.19. The SMILES string of the molecule is CC(C)OCC(=O)N(CCN)C(C)C. The molecule has 4 heteroatoms. The lowest BCUT2D eigenvalue weighted by atomic mass is 10.3. The number of rotatable bonds is 6. The average Bonchev–Trinajstić information content (AvgIpc) is 2.09. The Morgan fingerprint density at radius 2 is 1.93 bits per heavy atom. The maximum absolute atomic E-state index is 11.6. The van der Waals surface area contributed by atoms with E-state index < -0.39 is 0 Å². The van der Waals surface area contributed by atoms with Gasteiger partial charge in [-0.15, -0.1) is 0 Å². The molecule has 0 aromatic heterocycles. The van der Waals surface area contributed by atoms with E-state index in [0.29, 0.717) is 13.1 Å². The number of carbonyl (C=O) groups is 1. The molecule has 0 aliphatic carbocycles. The van der Waals surface area contributed by atoms with Crippen LogP contribution in [0, 0.1) is 0 Å². The molecule has 0 aromatic carbocycles. The molecule has 84 valence electrons. The van der Waals surface area contributed by atoms with Gasteiger partial charge in [-0.2, -0.15) is 0 Å². The summed E-state index contributed by atoms with van der Waals surface area (Å²) in [6.45, 7) is 9.01. The number of hydrogen-bond donors (Lipinski definition) is 1. The summed E-state index contributed by atoms with van der Waals surface area (Å²) in [6, 6.07) is 0.182. The molecule has 0 aromatic rings. The Hall–Kier alpha value is -0.610. The number of nitrogens with zero attached hydrogens (tertiary/aromatic N) is 1. The van der Waals surface area contributed by atoms with Gasteiger partial charge in [-0.1, -0.05) is 0 Å². The first-order valence-electron chi connectivity index (χ1n) is 5.10. The molecule has 0 bridgehead atoms. The van der Waals surface area contributed by atoms with Gasteiger partial charge < -0.3 is 15.4 Å². The molecule has 14 heavy (non-hydrogen) atoms. The van der Waals surface area contributed by atoms with Crippen LogP contribution in [0.2, 0.25) is 0 Å². The maximum Gasteiger partial charge on any atom is 0.248 e. The number of amides is 1. The van der Waals surface area contributed by atoms with E-state index in [-0.39, 0.29) is 24.7 Å². The van der Waals surface area contributed by atoms with Crippen LogP contribution in [-0.4, -0.2) is 42.6 Å². The summed E-state index contributed by atoms with van der Waals surface area (Å²) in [5, 5.41) is 0. The van der Waals surface area contributed by atoms with Crippen molar-refractivity contribution < 1.29 is 9.53 Å². The molecule has 0 fully saturated rings. The molecule has 0 rings (SSSR count). The van der Waals surface area contributed by atoms with Crippen molar-refractivity contribution in [1.82, 2.24) is 4.90 Å². The fourth-order valence-corrected chi connectivity index (χ4v) is 1.13. The molecule has 0 heterocycles. The zero-order valence-electron chi connectivity index (χ0n) is 9.62. The summed E-state index contributed by atoms with van der Waals surface area (Å²) < 4.78 is 5.25. The highest BCUT2D eigenvalue weighted by Crippen LogP contribution is 1.99. The van der Waals surface area contributed by atoms with Crippen molar-refractivity contribution in [2.75, 3.05) is 19.7 Å². The highest BCUT2D eigenvalue weighted by atomic mass is 16.5. The van der Waals surface area contributed by atoms with E-state index in [2.05, 4.69) is 0 Å². The molecule has 0 radical (unpaired) electrons. The molecule has 4 nitrogen and oxygen atoms in total. The third-order valence-corrected chi connectivity index (χ3v) is 1.85. The van der Waals surface area contributed by atoms with E-state index in [0.717, 1.165) is 0 Å². The summed E-state index contributed by atoms with van der Waals surface area (Å²) in [4.78, 5) is 13.4. The first-order valence-corrected chi connectivity index (χ1v) is 5.10. The minimum atomic E-state index is 0.0131. The van der Waals surface area contributed by atoms with Crippen LogP contribution in [0.15, 0.2) is 0 Å². The number of ether oxygens (including phenoxy) is 1. The number of nitrogens with two attached hydrogens (primary N) is 1. The van der Waals surface area contributed by atoms with Crippen molar-refractivity contribution in [3.8, 4) is 0 Å². The molecule has 2 N–H and O–H groups in total. The second-order valence-electron chi connectivity index (χ2n) is 3.83. The van der Waals surface area contributed by atoms with Crippen LogP contribution in [0.3, 0.4) is 0 Å². The summed E-state index contributed by atoms with van der Waals surface area (Å²) in [5.74, 6) is 0.0131. The highest BCUT2D eigenvalue weighted by Gasteiger charge is 2.16. The van der Waals surface area contributed by atoms with Crippen molar-refractivity contribution in [1.29, 1.82) is 0 Å². The van der Waals surface area contributed by atoms with Crippen LogP contribution in [0.25, 0.3) is 0 Å². The van der Waals surface area contributed by atoms with E-state index >= 15 is 0 Å². The van der Waals surface area contributed by atoms with Gasteiger partial charge in [-0.3, -0.25) is 4.79 Å². The van der Waals surface area contributed by atoms with Crippen molar-refractivity contribution in [2.45, 2.75) is 39.8 Å². The van der Waals surface area contributed by atoms with Gasteiger partial charge in [0, 0.05) is 19.1 Å². The molecule has 0 aliphatic rings. The van der Waals surface area contributed by atoms with Gasteiger partial charge in [-0.05, 0) is 27.7 Å². The number of carbonyl (C=O) groups excluding carboxylic acids is 1. The van der Waals surface area contributed by atoms with E-state index in [1.54, 1.807) is 4.90 Å². The highest BCUT2D eigenvalue weighted by molar-refractivity contribution is 5.77. The van der Waals surface area contributed by atoms with Crippen LogP contribution >= 0.6 is 0 Å². The molecule has 0 aliphatic heterocycles. The monoisotopic (exact) mass is 202 g/mol. The van der Waals surface area contributed by atoms with E-state index in [9.17, 15) is 4.79 Å². The molecular formula is C10H22N2O2. The van der Waals surface area contributed by atoms with Gasteiger partial charge in [0.1, 0.15) is 6.61 Å². The van der Waals surface area contributed by atoms with Crippen molar-refractivity contribution in [3.05, 3.63) is 0 Å². The van der Waals surface area contributed by atoms with E-state index in [4.69, 9.17) is 10.5 Å². The summed E-state index contributed by atoms with van der Waals surface area (Å²) in [7, 11) is 0. The Kier molecular flexibility index (Phi) is 6.49. The van der Waals surface area contributed by atoms with Gasteiger partial charge in [0.2, 0.25) is 5.91 Å². The Balaban J connectivity index is 4.02. The minimum Gasteiger partial charge on any atom is -0.369 e. The summed E-state index contributed by atoms with van der Waals surface area (Å²) >= 11 is 0. The predicted molar refractivity (Wildman–Crippen MR) is 57.0 cm³/mol. The molecule has 0 unspecified atom stereocenters. The molecule has 0 saturated heterocycles. The molecule has 0 saturated carbocycles. The third-order valence-electron chi connectivity index (χ3n) is 1.85. The fraction of sp³-hybridized carbons (Fsp3) is 0.900. The molecular weight excluding hydrogens is 180 g/mol. The largest absolute Gasteiger partial charge is 0.369 e. The predicted octanol–water partition coefficient (Wildman–Crippen LogP) is 0.607. The fourth-order valence-electron chi connectivity index (χ4n) is 1.13. The van der Waals surface area contributed by atoms with Crippen molar-refractivity contribution in [2.24, 2.45) is 5.73 Å². The Labute approximate surface area is 86.4 Å². The van der Waals surface area contributed by atoms with Crippen LogP contribution in [-0.2, 0) is 9.53 Å². The van der Waals surface area contributed by atoms with Crippen LogP contribution in [0.5, 0.6) is 0 Å². The van der Waals surface area contributed by atoms with E-state index in [1.807, 2.05) is 27.7 Å². The zero-order valence-corrected chi connectivity index (χ0v) is 9.62. The lowest BCUT2D eigenvalue weighted by Crippen LogP contribution is -2.42. The second kappa shape index (κ2) is 6.79.